The van der Waals surface area contributed by atoms with E-state index in [0.29, 0.717) is 18.0 Å². The second-order valence-corrected chi connectivity index (χ2v) is 6.52. The van der Waals surface area contributed by atoms with Gasteiger partial charge >= 0.3 is 0 Å². The van der Waals surface area contributed by atoms with Crippen molar-refractivity contribution in [2.24, 2.45) is 0 Å². The van der Waals surface area contributed by atoms with E-state index in [2.05, 4.69) is 35.9 Å². The monoisotopic (exact) mass is 353 g/mol. The van der Waals surface area contributed by atoms with Crippen LogP contribution in [0.3, 0.4) is 0 Å². The van der Waals surface area contributed by atoms with E-state index in [1.807, 2.05) is 25.1 Å². The fourth-order valence-electron chi connectivity index (χ4n) is 2.63. The summed E-state index contributed by atoms with van der Waals surface area (Å²) in [7, 11) is 0. The number of nitrogens with one attached hydrogen (secondary N) is 3. The van der Waals surface area contributed by atoms with Gasteiger partial charge in [-0.05, 0) is 48.2 Å². The Morgan fingerprint density at radius 1 is 0.885 bits per heavy atom. The molecule has 0 aliphatic heterocycles. The number of hydrogen-bond donors (Lipinski definition) is 3. The molecule has 138 valence electrons. The third-order valence-corrected chi connectivity index (χ3v) is 3.95. The molecular formula is C21H27N3O2. The van der Waals surface area contributed by atoms with Gasteiger partial charge in [-0.25, -0.2) is 0 Å². The number of rotatable bonds is 8. The summed E-state index contributed by atoms with van der Waals surface area (Å²) in [4.78, 5) is 23.8. The Morgan fingerprint density at radius 2 is 1.46 bits per heavy atom. The number of anilines is 3. The van der Waals surface area contributed by atoms with Crippen molar-refractivity contribution in [1.82, 2.24) is 0 Å². The van der Waals surface area contributed by atoms with Crippen LogP contribution >= 0.6 is 0 Å². The van der Waals surface area contributed by atoms with Crippen LogP contribution in [0.5, 0.6) is 0 Å². The molecule has 0 aliphatic rings. The van der Waals surface area contributed by atoms with E-state index >= 15 is 0 Å². The van der Waals surface area contributed by atoms with E-state index in [9.17, 15) is 9.59 Å². The third-order valence-electron chi connectivity index (χ3n) is 3.95. The SMILES string of the molecule is CCCC(=O)Nc1ccc(NC(=O)CNc2ccccc2C(C)C)cc1. The number of para-hydroxylation sites is 1. The highest BCUT2D eigenvalue weighted by Gasteiger charge is 2.08. The average Bonchev–Trinajstić information content (AvgIpc) is 2.62. The van der Waals surface area contributed by atoms with Gasteiger partial charge < -0.3 is 16.0 Å². The molecule has 26 heavy (non-hydrogen) atoms. The third kappa shape index (κ3) is 5.92. The van der Waals surface area contributed by atoms with Gasteiger partial charge in [0.1, 0.15) is 0 Å². The summed E-state index contributed by atoms with van der Waals surface area (Å²) in [5.41, 5.74) is 3.59. The smallest absolute Gasteiger partial charge is 0.243 e. The van der Waals surface area contributed by atoms with Crippen LogP contribution in [0.15, 0.2) is 48.5 Å². The van der Waals surface area contributed by atoms with Crippen LogP contribution in [0, 0.1) is 0 Å². The maximum atomic E-state index is 12.2. The van der Waals surface area contributed by atoms with Crippen molar-refractivity contribution in [1.29, 1.82) is 0 Å². The second kappa shape index (κ2) is 9.61. The second-order valence-electron chi connectivity index (χ2n) is 6.52. The van der Waals surface area contributed by atoms with E-state index < -0.39 is 0 Å². The minimum Gasteiger partial charge on any atom is -0.376 e. The molecule has 0 saturated heterocycles. The molecule has 0 atom stereocenters. The lowest BCUT2D eigenvalue weighted by molar-refractivity contribution is -0.116. The number of amides is 2. The molecular weight excluding hydrogens is 326 g/mol. The largest absolute Gasteiger partial charge is 0.376 e. The quantitative estimate of drug-likeness (QED) is 0.649. The van der Waals surface area contributed by atoms with E-state index in [1.54, 1.807) is 24.3 Å². The Labute approximate surface area is 155 Å². The maximum absolute atomic E-state index is 12.2. The topological polar surface area (TPSA) is 70.2 Å². The van der Waals surface area contributed by atoms with Crippen LogP contribution in [0.25, 0.3) is 0 Å². The number of hydrogen-bond acceptors (Lipinski definition) is 3. The van der Waals surface area contributed by atoms with Crippen LogP contribution in [-0.2, 0) is 9.59 Å². The molecule has 2 amide bonds. The Hall–Kier alpha value is -2.82. The molecule has 2 aromatic carbocycles. The van der Waals surface area contributed by atoms with Crippen molar-refractivity contribution in [3.8, 4) is 0 Å². The highest BCUT2D eigenvalue weighted by atomic mass is 16.2. The Kier molecular flexibility index (Phi) is 7.21. The van der Waals surface area contributed by atoms with Gasteiger partial charge in [0.2, 0.25) is 11.8 Å². The molecule has 3 N–H and O–H groups in total. The van der Waals surface area contributed by atoms with E-state index in [-0.39, 0.29) is 18.4 Å². The highest BCUT2D eigenvalue weighted by molar-refractivity contribution is 5.94. The molecule has 0 aliphatic carbocycles. The summed E-state index contributed by atoms with van der Waals surface area (Å²) < 4.78 is 0. The molecule has 0 unspecified atom stereocenters. The van der Waals surface area contributed by atoms with Crippen molar-refractivity contribution < 1.29 is 9.59 Å². The molecule has 0 heterocycles. The predicted molar refractivity (Wildman–Crippen MR) is 108 cm³/mol. The molecule has 5 heteroatoms. The summed E-state index contributed by atoms with van der Waals surface area (Å²) in [6.07, 6.45) is 1.31. The minimum atomic E-state index is -0.119. The van der Waals surface area contributed by atoms with Crippen LogP contribution in [0.4, 0.5) is 17.1 Å². The van der Waals surface area contributed by atoms with Crippen LogP contribution in [-0.4, -0.2) is 18.4 Å². The minimum absolute atomic E-state index is 0.00250. The van der Waals surface area contributed by atoms with Crippen LogP contribution < -0.4 is 16.0 Å². The standard InChI is InChI=1S/C21H27N3O2/c1-4-7-20(25)23-16-10-12-17(13-11-16)24-21(26)14-22-19-9-6-5-8-18(19)15(2)3/h5-6,8-13,15,22H,4,7,14H2,1-3H3,(H,23,25)(H,24,26). The van der Waals surface area contributed by atoms with E-state index in [4.69, 9.17) is 0 Å². The molecule has 2 aromatic rings. The first-order chi connectivity index (χ1) is 12.5. The fraction of sp³-hybridized carbons (Fsp3) is 0.333. The Bertz CT molecular complexity index is 739. The lowest BCUT2D eigenvalue weighted by Gasteiger charge is -2.14. The zero-order valence-electron chi connectivity index (χ0n) is 15.6. The van der Waals surface area contributed by atoms with Crippen molar-refractivity contribution in [2.45, 2.75) is 39.5 Å². The van der Waals surface area contributed by atoms with Gasteiger partial charge in [-0.2, -0.15) is 0 Å². The average molecular weight is 353 g/mol. The van der Waals surface area contributed by atoms with Gasteiger partial charge in [0.25, 0.3) is 0 Å². The molecule has 0 fully saturated rings. The highest BCUT2D eigenvalue weighted by Crippen LogP contribution is 2.23. The molecule has 5 nitrogen and oxygen atoms in total. The summed E-state index contributed by atoms with van der Waals surface area (Å²) in [6, 6.07) is 15.1. The predicted octanol–water partition coefficient (Wildman–Crippen LogP) is 4.60. The normalized spacial score (nSPS) is 10.5. The lowest BCUT2D eigenvalue weighted by Crippen LogP contribution is -2.22. The fourth-order valence-corrected chi connectivity index (χ4v) is 2.63. The van der Waals surface area contributed by atoms with E-state index in [1.165, 1.54) is 5.56 Å². The van der Waals surface area contributed by atoms with Crippen molar-refractivity contribution in [2.75, 3.05) is 22.5 Å². The summed E-state index contributed by atoms with van der Waals surface area (Å²) in [5.74, 6) is 0.265. The van der Waals surface area contributed by atoms with E-state index in [0.717, 1.165) is 17.8 Å². The lowest BCUT2D eigenvalue weighted by atomic mass is 10.0. The first-order valence-corrected chi connectivity index (χ1v) is 9.02. The number of benzene rings is 2. The van der Waals surface area contributed by atoms with Gasteiger partial charge in [-0.15, -0.1) is 0 Å². The van der Waals surface area contributed by atoms with Gasteiger partial charge in [0, 0.05) is 23.5 Å². The Balaban J connectivity index is 1.87. The molecule has 0 radical (unpaired) electrons. The van der Waals surface area contributed by atoms with Crippen molar-refractivity contribution >= 4 is 28.9 Å². The first kappa shape index (κ1) is 19.5. The zero-order valence-corrected chi connectivity index (χ0v) is 15.6. The Morgan fingerprint density at radius 3 is 2.04 bits per heavy atom. The van der Waals surface area contributed by atoms with Crippen LogP contribution in [0.2, 0.25) is 0 Å². The number of carbonyl (C=O) groups is 2. The first-order valence-electron chi connectivity index (χ1n) is 9.02. The van der Waals surface area contributed by atoms with Crippen LogP contribution in [0.1, 0.15) is 45.1 Å². The molecule has 0 saturated carbocycles. The molecule has 2 rings (SSSR count). The summed E-state index contributed by atoms with van der Waals surface area (Å²) in [6.45, 7) is 6.41. The molecule has 0 aromatic heterocycles. The maximum Gasteiger partial charge on any atom is 0.243 e. The van der Waals surface area contributed by atoms with Gasteiger partial charge in [0.05, 0.1) is 6.54 Å². The summed E-state index contributed by atoms with van der Waals surface area (Å²) >= 11 is 0. The molecule has 0 bridgehead atoms. The zero-order chi connectivity index (χ0) is 18.9. The number of carbonyl (C=O) groups excluding carboxylic acids is 2. The van der Waals surface area contributed by atoms with Gasteiger partial charge in [-0.1, -0.05) is 39.0 Å². The van der Waals surface area contributed by atoms with Gasteiger partial charge in [0.15, 0.2) is 0 Å². The summed E-state index contributed by atoms with van der Waals surface area (Å²) in [5, 5.41) is 8.87. The van der Waals surface area contributed by atoms with Crippen molar-refractivity contribution in [3.05, 3.63) is 54.1 Å². The molecule has 0 spiro atoms. The van der Waals surface area contributed by atoms with Crippen molar-refractivity contribution in [3.63, 3.8) is 0 Å². The van der Waals surface area contributed by atoms with Gasteiger partial charge in [-0.3, -0.25) is 9.59 Å².